The molecule has 1 aliphatic heterocycles. The summed E-state index contributed by atoms with van der Waals surface area (Å²) in [6.45, 7) is 5.79. The summed E-state index contributed by atoms with van der Waals surface area (Å²) in [5.41, 5.74) is 0.703. The monoisotopic (exact) mass is 342 g/mol. The van der Waals surface area contributed by atoms with Crippen LogP contribution in [0.4, 0.5) is 0 Å². The molecule has 0 aliphatic carbocycles. The summed E-state index contributed by atoms with van der Waals surface area (Å²) in [6, 6.07) is 7.61. The molecule has 1 fully saturated rings. The summed E-state index contributed by atoms with van der Waals surface area (Å²) >= 11 is 1.67. The Balaban J connectivity index is 2.10. The predicted molar refractivity (Wildman–Crippen MR) is 89.8 cm³/mol. The first-order valence-electron chi connectivity index (χ1n) is 7.29. The molecule has 0 spiro atoms. The molecule has 7 heteroatoms. The van der Waals surface area contributed by atoms with Crippen LogP contribution in [0.25, 0.3) is 0 Å². The number of carbonyl (C=O) groups is 1. The van der Waals surface area contributed by atoms with Crippen molar-refractivity contribution in [1.29, 1.82) is 0 Å². The van der Waals surface area contributed by atoms with Gasteiger partial charge in [-0.1, -0.05) is 26.0 Å². The largest absolute Gasteiger partial charge is 0.336 e. The molecule has 1 aromatic rings. The third-order valence-corrected chi connectivity index (χ3v) is 5.86. The third-order valence-electron chi connectivity index (χ3n) is 3.48. The van der Waals surface area contributed by atoms with E-state index in [2.05, 4.69) is 13.8 Å². The molecule has 1 amide bonds. The van der Waals surface area contributed by atoms with Crippen LogP contribution in [0.5, 0.6) is 0 Å². The standard InChI is InChI=1S/C15H22N2O3S2/c1-12(2)21-14-7-5-4-6-13(14)15(18)16-8-10-17(11-9-16)22(3,19)20/h4-7,12H,8-11H2,1-3H3. The topological polar surface area (TPSA) is 57.7 Å². The van der Waals surface area contributed by atoms with Gasteiger partial charge in [0.2, 0.25) is 10.0 Å². The van der Waals surface area contributed by atoms with Crippen LogP contribution in [0.15, 0.2) is 29.2 Å². The maximum Gasteiger partial charge on any atom is 0.255 e. The second kappa shape index (κ2) is 7.02. The Kier molecular flexibility index (Phi) is 5.52. The molecule has 0 bridgehead atoms. The van der Waals surface area contributed by atoms with Crippen molar-refractivity contribution in [3.63, 3.8) is 0 Å². The Hall–Kier alpha value is -1.05. The molecule has 1 heterocycles. The van der Waals surface area contributed by atoms with Gasteiger partial charge in [0.25, 0.3) is 5.91 Å². The summed E-state index contributed by atoms with van der Waals surface area (Å²) in [4.78, 5) is 15.4. The molecular formula is C15H22N2O3S2. The zero-order chi connectivity index (χ0) is 16.3. The second-order valence-electron chi connectivity index (χ2n) is 5.62. The van der Waals surface area contributed by atoms with E-state index in [1.165, 1.54) is 10.6 Å². The normalized spacial score (nSPS) is 17.0. The van der Waals surface area contributed by atoms with Gasteiger partial charge in [-0.2, -0.15) is 4.31 Å². The van der Waals surface area contributed by atoms with Crippen molar-refractivity contribution in [2.75, 3.05) is 32.4 Å². The zero-order valence-corrected chi connectivity index (χ0v) is 14.8. The van der Waals surface area contributed by atoms with Crippen molar-refractivity contribution < 1.29 is 13.2 Å². The van der Waals surface area contributed by atoms with Gasteiger partial charge >= 0.3 is 0 Å². The highest BCUT2D eigenvalue weighted by atomic mass is 32.2. The fourth-order valence-electron chi connectivity index (χ4n) is 2.39. The number of amides is 1. The lowest BCUT2D eigenvalue weighted by atomic mass is 10.2. The minimum Gasteiger partial charge on any atom is -0.336 e. The van der Waals surface area contributed by atoms with Gasteiger partial charge in [0.15, 0.2) is 0 Å². The van der Waals surface area contributed by atoms with E-state index in [0.717, 1.165) is 4.90 Å². The van der Waals surface area contributed by atoms with E-state index >= 15 is 0 Å². The first-order chi connectivity index (χ1) is 10.3. The van der Waals surface area contributed by atoms with Crippen LogP contribution in [0, 0.1) is 0 Å². The number of sulfonamides is 1. The predicted octanol–water partition coefficient (Wildman–Crippen LogP) is 1.90. The number of piperazine rings is 1. The minimum atomic E-state index is -3.17. The van der Waals surface area contributed by atoms with Crippen molar-refractivity contribution in [3.8, 4) is 0 Å². The molecule has 0 aromatic heterocycles. The van der Waals surface area contributed by atoms with Crippen molar-refractivity contribution >= 4 is 27.7 Å². The fourth-order valence-corrected chi connectivity index (χ4v) is 4.17. The third kappa shape index (κ3) is 4.24. The molecule has 5 nitrogen and oxygen atoms in total. The Morgan fingerprint density at radius 1 is 1.14 bits per heavy atom. The SMILES string of the molecule is CC(C)Sc1ccccc1C(=O)N1CCN(S(C)(=O)=O)CC1. The molecule has 0 radical (unpaired) electrons. The Morgan fingerprint density at radius 2 is 1.73 bits per heavy atom. The maximum absolute atomic E-state index is 12.7. The van der Waals surface area contributed by atoms with Crippen LogP contribution in [0.2, 0.25) is 0 Å². The molecule has 0 saturated carbocycles. The minimum absolute atomic E-state index is 0.0168. The molecule has 0 N–H and O–H groups in total. The van der Waals surface area contributed by atoms with Gasteiger partial charge in [-0.05, 0) is 12.1 Å². The summed E-state index contributed by atoms with van der Waals surface area (Å²) < 4.78 is 24.5. The highest BCUT2D eigenvalue weighted by Gasteiger charge is 2.27. The highest BCUT2D eigenvalue weighted by Crippen LogP contribution is 2.27. The number of thioether (sulfide) groups is 1. The van der Waals surface area contributed by atoms with E-state index in [0.29, 0.717) is 37.0 Å². The molecule has 0 unspecified atom stereocenters. The van der Waals surface area contributed by atoms with E-state index < -0.39 is 10.0 Å². The van der Waals surface area contributed by atoms with E-state index in [1.54, 1.807) is 16.7 Å². The number of carbonyl (C=O) groups excluding carboxylic acids is 1. The lowest BCUT2D eigenvalue weighted by Crippen LogP contribution is -2.50. The lowest BCUT2D eigenvalue weighted by molar-refractivity contribution is 0.0695. The Bertz CT molecular complexity index is 636. The van der Waals surface area contributed by atoms with Gasteiger partial charge in [-0.25, -0.2) is 8.42 Å². The number of nitrogens with zero attached hydrogens (tertiary/aromatic N) is 2. The van der Waals surface area contributed by atoms with E-state index in [1.807, 2.05) is 24.3 Å². The van der Waals surface area contributed by atoms with Crippen LogP contribution in [0.3, 0.4) is 0 Å². The molecule has 22 heavy (non-hydrogen) atoms. The van der Waals surface area contributed by atoms with Gasteiger partial charge in [-0.3, -0.25) is 4.79 Å². The average molecular weight is 342 g/mol. The Morgan fingerprint density at radius 3 is 2.27 bits per heavy atom. The van der Waals surface area contributed by atoms with Gasteiger partial charge in [-0.15, -0.1) is 11.8 Å². The maximum atomic E-state index is 12.7. The number of rotatable bonds is 4. The quantitative estimate of drug-likeness (QED) is 0.784. The molecule has 2 rings (SSSR count). The lowest BCUT2D eigenvalue weighted by Gasteiger charge is -2.33. The zero-order valence-electron chi connectivity index (χ0n) is 13.2. The first-order valence-corrected chi connectivity index (χ1v) is 10.0. The van der Waals surface area contributed by atoms with Gasteiger partial charge in [0.1, 0.15) is 0 Å². The molecule has 0 atom stereocenters. The summed E-state index contributed by atoms with van der Waals surface area (Å²) in [5, 5.41) is 0.399. The van der Waals surface area contributed by atoms with Crippen LogP contribution in [-0.4, -0.2) is 61.2 Å². The van der Waals surface area contributed by atoms with Gasteiger partial charge < -0.3 is 4.90 Å². The van der Waals surface area contributed by atoms with Crippen molar-refractivity contribution in [2.45, 2.75) is 24.0 Å². The van der Waals surface area contributed by atoms with Crippen LogP contribution >= 0.6 is 11.8 Å². The van der Waals surface area contributed by atoms with E-state index in [9.17, 15) is 13.2 Å². The van der Waals surface area contributed by atoms with Crippen molar-refractivity contribution in [2.24, 2.45) is 0 Å². The molecular weight excluding hydrogens is 320 g/mol. The molecule has 122 valence electrons. The summed E-state index contributed by atoms with van der Waals surface area (Å²) in [6.07, 6.45) is 1.21. The number of hydrogen-bond acceptors (Lipinski definition) is 4. The average Bonchev–Trinajstić information content (AvgIpc) is 2.46. The summed E-state index contributed by atoms with van der Waals surface area (Å²) in [7, 11) is -3.17. The first kappa shape index (κ1) is 17.3. The second-order valence-corrected chi connectivity index (χ2v) is 9.22. The molecule has 1 aliphatic rings. The van der Waals surface area contributed by atoms with Crippen LogP contribution in [-0.2, 0) is 10.0 Å². The van der Waals surface area contributed by atoms with Gasteiger partial charge in [0, 0.05) is 36.3 Å². The highest BCUT2D eigenvalue weighted by molar-refractivity contribution is 8.00. The Labute approximate surface area is 136 Å². The van der Waals surface area contributed by atoms with Crippen molar-refractivity contribution in [1.82, 2.24) is 9.21 Å². The summed E-state index contributed by atoms with van der Waals surface area (Å²) in [5.74, 6) is -0.0168. The van der Waals surface area contributed by atoms with Crippen LogP contribution in [0.1, 0.15) is 24.2 Å². The van der Waals surface area contributed by atoms with E-state index in [4.69, 9.17) is 0 Å². The van der Waals surface area contributed by atoms with Gasteiger partial charge in [0.05, 0.1) is 11.8 Å². The van der Waals surface area contributed by atoms with Crippen molar-refractivity contribution in [3.05, 3.63) is 29.8 Å². The number of benzene rings is 1. The van der Waals surface area contributed by atoms with Crippen LogP contribution < -0.4 is 0 Å². The number of hydrogen-bond donors (Lipinski definition) is 0. The fraction of sp³-hybridized carbons (Fsp3) is 0.533. The van der Waals surface area contributed by atoms with E-state index in [-0.39, 0.29) is 5.91 Å². The molecule has 1 aromatic carbocycles. The smallest absolute Gasteiger partial charge is 0.255 e. The molecule has 1 saturated heterocycles.